The van der Waals surface area contributed by atoms with Crippen molar-refractivity contribution in [2.45, 2.75) is 18.1 Å². The van der Waals surface area contributed by atoms with E-state index in [0.29, 0.717) is 11.4 Å². The van der Waals surface area contributed by atoms with Gasteiger partial charge in [0.25, 0.3) is 10.0 Å². The van der Waals surface area contributed by atoms with E-state index < -0.39 is 16.1 Å². The molecule has 0 unspecified atom stereocenters. The molecule has 0 bridgehead atoms. The molecule has 0 aliphatic carbocycles. The van der Waals surface area contributed by atoms with Gasteiger partial charge in [-0.3, -0.25) is 5.32 Å². The monoisotopic (exact) mass is 346 g/mol. The van der Waals surface area contributed by atoms with E-state index >= 15 is 0 Å². The maximum Gasteiger partial charge on any atom is 0.335 e. The molecule has 0 spiro atoms. The van der Waals surface area contributed by atoms with Crippen LogP contribution < -0.4 is 10.0 Å². The number of sulfonamides is 1. The van der Waals surface area contributed by atoms with Gasteiger partial charge in [-0.25, -0.2) is 27.9 Å². The van der Waals surface area contributed by atoms with Crippen LogP contribution in [0.2, 0.25) is 5.02 Å². The smallest absolute Gasteiger partial charge is 0.275 e. The number of thiophene rings is 1. The number of hydrogen-bond acceptors (Lipinski definition) is 6. The maximum atomic E-state index is 12.0. The lowest BCUT2D eigenvalue weighted by molar-refractivity contribution is 0.256. The number of halogens is 1. The highest BCUT2D eigenvalue weighted by Gasteiger charge is 2.22. The molecule has 2 heterocycles. The van der Waals surface area contributed by atoms with Crippen LogP contribution in [0.25, 0.3) is 0 Å². The Kier molecular flexibility index (Phi) is 4.45. The summed E-state index contributed by atoms with van der Waals surface area (Å²) in [7, 11) is -4.02. The highest BCUT2D eigenvalue weighted by Crippen LogP contribution is 2.26. The molecule has 10 heteroatoms. The number of aryl methyl sites for hydroxylation is 2. The molecular formula is C11H11ClN4O3S2. The first kappa shape index (κ1) is 15.7. The zero-order valence-corrected chi connectivity index (χ0v) is 13.4. The lowest BCUT2D eigenvalue weighted by Crippen LogP contribution is -2.34. The van der Waals surface area contributed by atoms with Crippen molar-refractivity contribution < 1.29 is 13.2 Å². The molecule has 0 saturated carbocycles. The number of rotatable bonds is 3. The third-order valence-electron chi connectivity index (χ3n) is 2.26. The Bertz CT molecular complexity index is 768. The molecule has 0 fully saturated rings. The molecule has 0 radical (unpaired) electrons. The number of carbonyl (C=O) groups is 1. The van der Waals surface area contributed by atoms with Gasteiger partial charge in [0.2, 0.25) is 5.95 Å². The van der Waals surface area contributed by atoms with E-state index in [1.54, 1.807) is 19.9 Å². The second kappa shape index (κ2) is 5.96. The van der Waals surface area contributed by atoms with Crippen molar-refractivity contribution in [3.05, 3.63) is 33.9 Å². The van der Waals surface area contributed by atoms with E-state index in [9.17, 15) is 13.2 Å². The molecule has 0 aromatic carbocycles. The Hall–Kier alpha value is -1.71. The Labute approximate surface area is 130 Å². The number of carbonyl (C=O) groups excluding carboxylic acids is 1. The first-order chi connectivity index (χ1) is 9.78. The summed E-state index contributed by atoms with van der Waals surface area (Å²) in [5.74, 6) is 0.0254. The third-order valence-corrected chi connectivity index (χ3v) is 5.62. The average molecular weight is 347 g/mol. The van der Waals surface area contributed by atoms with Gasteiger partial charge in [0.1, 0.15) is 0 Å². The van der Waals surface area contributed by atoms with Crippen molar-refractivity contribution in [1.82, 2.24) is 14.7 Å². The van der Waals surface area contributed by atoms with E-state index in [-0.39, 0.29) is 15.2 Å². The summed E-state index contributed by atoms with van der Waals surface area (Å²) in [5, 5.41) is 3.85. The lowest BCUT2D eigenvalue weighted by Gasteiger charge is -2.07. The number of nitrogens with zero attached hydrogens (tertiary/aromatic N) is 2. The van der Waals surface area contributed by atoms with Crippen LogP contribution in [-0.2, 0) is 10.0 Å². The minimum absolute atomic E-state index is 0.0254. The van der Waals surface area contributed by atoms with Crippen LogP contribution in [0.1, 0.15) is 11.4 Å². The highest BCUT2D eigenvalue weighted by molar-refractivity contribution is 7.92. The molecule has 7 nitrogen and oxygen atoms in total. The van der Waals surface area contributed by atoms with Crippen molar-refractivity contribution in [2.75, 3.05) is 5.32 Å². The summed E-state index contributed by atoms with van der Waals surface area (Å²) >= 11 is 6.66. The van der Waals surface area contributed by atoms with Gasteiger partial charge in [-0.05, 0) is 31.4 Å². The summed E-state index contributed by atoms with van der Waals surface area (Å²) in [6.07, 6.45) is 0. The van der Waals surface area contributed by atoms with Crippen LogP contribution in [0.3, 0.4) is 0 Å². The van der Waals surface area contributed by atoms with Crippen molar-refractivity contribution in [3.63, 3.8) is 0 Å². The summed E-state index contributed by atoms with van der Waals surface area (Å²) in [6, 6.07) is 2.21. The number of anilines is 1. The standard InChI is InChI=1S/C11H11ClN4O3S2/c1-6-5-7(2)14-10(13-6)15-11(17)16-21(18,19)9-8(12)3-4-20-9/h3-5H,1-2H3,(H2,13,14,15,16,17). The summed E-state index contributed by atoms with van der Waals surface area (Å²) < 4.78 is 25.7. The Balaban J connectivity index is 2.13. The van der Waals surface area contributed by atoms with Crippen molar-refractivity contribution >= 4 is 44.9 Å². The number of urea groups is 1. The molecule has 2 N–H and O–H groups in total. The number of hydrogen-bond donors (Lipinski definition) is 2. The van der Waals surface area contributed by atoms with Crippen LogP contribution in [0.5, 0.6) is 0 Å². The minimum atomic E-state index is -4.02. The first-order valence-electron chi connectivity index (χ1n) is 5.67. The molecular weight excluding hydrogens is 336 g/mol. The molecule has 0 aliphatic rings. The van der Waals surface area contributed by atoms with E-state index in [4.69, 9.17) is 11.6 Å². The van der Waals surface area contributed by atoms with Crippen molar-refractivity contribution in [2.24, 2.45) is 0 Å². The van der Waals surface area contributed by atoms with Gasteiger partial charge >= 0.3 is 6.03 Å². The van der Waals surface area contributed by atoms with Gasteiger partial charge in [-0.15, -0.1) is 11.3 Å². The fraction of sp³-hybridized carbons (Fsp3) is 0.182. The normalized spacial score (nSPS) is 11.2. The minimum Gasteiger partial charge on any atom is -0.275 e. The quantitative estimate of drug-likeness (QED) is 0.888. The summed E-state index contributed by atoms with van der Waals surface area (Å²) in [5.41, 5.74) is 1.31. The lowest BCUT2D eigenvalue weighted by atomic mass is 10.4. The fourth-order valence-corrected chi connectivity index (χ4v) is 4.14. The van der Waals surface area contributed by atoms with Gasteiger partial charge in [-0.1, -0.05) is 11.6 Å². The van der Waals surface area contributed by atoms with Crippen LogP contribution in [0.15, 0.2) is 21.7 Å². The van der Waals surface area contributed by atoms with Gasteiger partial charge in [0, 0.05) is 11.4 Å². The SMILES string of the molecule is Cc1cc(C)nc(NC(=O)NS(=O)(=O)c2sccc2Cl)n1. The van der Waals surface area contributed by atoms with Gasteiger partial charge < -0.3 is 0 Å². The molecule has 0 atom stereocenters. The predicted octanol–water partition coefficient (Wildman–Crippen LogP) is 2.32. The zero-order valence-electron chi connectivity index (χ0n) is 11.0. The molecule has 2 amide bonds. The van der Waals surface area contributed by atoms with Gasteiger partial charge in [-0.2, -0.15) is 0 Å². The van der Waals surface area contributed by atoms with E-state index in [1.165, 1.54) is 11.4 Å². The Morgan fingerprint density at radius 3 is 2.43 bits per heavy atom. The summed E-state index contributed by atoms with van der Waals surface area (Å²) in [4.78, 5) is 19.7. The second-order valence-electron chi connectivity index (χ2n) is 4.09. The number of amides is 2. The second-order valence-corrected chi connectivity index (χ2v) is 7.29. The molecule has 2 aromatic rings. The van der Waals surface area contributed by atoms with Gasteiger partial charge in [0.15, 0.2) is 4.21 Å². The topological polar surface area (TPSA) is 101 Å². The van der Waals surface area contributed by atoms with E-state index in [2.05, 4.69) is 15.3 Å². The summed E-state index contributed by atoms with van der Waals surface area (Å²) in [6.45, 7) is 3.47. The Morgan fingerprint density at radius 1 is 1.29 bits per heavy atom. The van der Waals surface area contributed by atoms with Crippen LogP contribution >= 0.6 is 22.9 Å². The maximum absolute atomic E-state index is 12.0. The number of aromatic nitrogens is 2. The fourth-order valence-electron chi connectivity index (χ4n) is 1.55. The van der Waals surface area contributed by atoms with Crippen LogP contribution in [0.4, 0.5) is 10.7 Å². The van der Waals surface area contributed by atoms with Crippen LogP contribution in [0, 0.1) is 13.8 Å². The largest absolute Gasteiger partial charge is 0.335 e. The first-order valence-corrected chi connectivity index (χ1v) is 8.41. The molecule has 0 saturated heterocycles. The average Bonchev–Trinajstić information content (AvgIpc) is 2.73. The van der Waals surface area contributed by atoms with E-state index in [0.717, 1.165) is 11.3 Å². The van der Waals surface area contributed by atoms with Gasteiger partial charge in [0.05, 0.1) is 5.02 Å². The molecule has 2 rings (SSSR count). The zero-order chi connectivity index (χ0) is 15.6. The predicted molar refractivity (Wildman–Crippen MR) is 80.2 cm³/mol. The molecule has 21 heavy (non-hydrogen) atoms. The van der Waals surface area contributed by atoms with Crippen molar-refractivity contribution in [3.8, 4) is 0 Å². The van der Waals surface area contributed by atoms with E-state index in [1.807, 2.05) is 4.72 Å². The van der Waals surface area contributed by atoms with Crippen LogP contribution in [-0.4, -0.2) is 24.4 Å². The molecule has 112 valence electrons. The molecule has 2 aromatic heterocycles. The third kappa shape index (κ3) is 3.90. The Morgan fingerprint density at radius 2 is 1.90 bits per heavy atom. The number of nitrogens with one attached hydrogen (secondary N) is 2. The van der Waals surface area contributed by atoms with Crippen molar-refractivity contribution in [1.29, 1.82) is 0 Å². The molecule has 0 aliphatic heterocycles. The highest BCUT2D eigenvalue weighted by atomic mass is 35.5.